The van der Waals surface area contributed by atoms with E-state index < -0.39 is 29.8 Å². The van der Waals surface area contributed by atoms with E-state index in [9.17, 15) is 18.4 Å². The number of nitrogens with one attached hydrogen (secondary N) is 1. The molecule has 0 aliphatic heterocycles. The van der Waals surface area contributed by atoms with E-state index in [0.29, 0.717) is 5.56 Å². The van der Waals surface area contributed by atoms with E-state index in [0.717, 1.165) is 6.07 Å². The lowest BCUT2D eigenvalue weighted by molar-refractivity contribution is -0.129. The van der Waals surface area contributed by atoms with Gasteiger partial charge in [-0.3, -0.25) is 4.79 Å². The lowest BCUT2D eigenvalue weighted by atomic mass is 10.1. The van der Waals surface area contributed by atoms with Crippen molar-refractivity contribution in [3.8, 4) is 0 Å². The lowest BCUT2D eigenvalue weighted by Crippen LogP contribution is -2.37. The molecule has 0 bridgehead atoms. The van der Waals surface area contributed by atoms with E-state index in [1.165, 1.54) is 37.3 Å². The summed E-state index contributed by atoms with van der Waals surface area (Å²) in [4.78, 5) is 24.0. The van der Waals surface area contributed by atoms with Gasteiger partial charge in [0.05, 0.1) is 11.6 Å². The van der Waals surface area contributed by atoms with Crippen LogP contribution in [-0.2, 0) is 9.53 Å². The van der Waals surface area contributed by atoms with Gasteiger partial charge in [-0.1, -0.05) is 24.3 Å². The number of halogens is 2. The smallest absolute Gasteiger partial charge is 0.341 e. The van der Waals surface area contributed by atoms with Crippen molar-refractivity contribution in [2.75, 3.05) is 0 Å². The zero-order valence-electron chi connectivity index (χ0n) is 13.3. The number of carbonyl (C=O) groups excluding carboxylic acids is 2. The number of rotatable bonds is 5. The Bertz CT molecular complexity index is 731. The summed E-state index contributed by atoms with van der Waals surface area (Å²) in [5, 5.41) is 2.65. The molecule has 0 saturated heterocycles. The summed E-state index contributed by atoms with van der Waals surface area (Å²) in [6.07, 6.45) is -1.10. The molecule has 2 aromatic carbocycles. The van der Waals surface area contributed by atoms with Crippen LogP contribution in [0.3, 0.4) is 0 Å². The summed E-state index contributed by atoms with van der Waals surface area (Å²) in [7, 11) is 0. The maximum Gasteiger partial charge on any atom is 0.341 e. The highest BCUT2D eigenvalue weighted by molar-refractivity contribution is 5.92. The minimum absolute atomic E-state index is 0.233. The van der Waals surface area contributed by atoms with Gasteiger partial charge in [0, 0.05) is 0 Å². The maximum absolute atomic E-state index is 13.5. The molecule has 6 heteroatoms. The molecule has 0 heterocycles. The Labute approximate surface area is 138 Å². The highest BCUT2D eigenvalue weighted by atomic mass is 19.1. The molecule has 2 unspecified atom stereocenters. The second kappa shape index (κ2) is 7.68. The Balaban J connectivity index is 1.95. The summed E-state index contributed by atoms with van der Waals surface area (Å²) < 4.78 is 31.4. The average molecular weight is 333 g/mol. The van der Waals surface area contributed by atoms with E-state index in [1.807, 2.05) is 0 Å². The standard InChI is InChI=1S/C18H17F2NO3/c1-11(13-7-9-14(19)10-8-13)21-17(22)12(2)24-18(23)15-5-3-4-6-16(15)20/h3-12H,1-2H3,(H,21,22). The number of hydrogen-bond donors (Lipinski definition) is 1. The predicted molar refractivity (Wildman–Crippen MR) is 84.2 cm³/mol. The first kappa shape index (κ1) is 17.6. The molecule has 2 atom stereocenters. The second-order valence-corrected chi connectivity index (χ2v) is 5.31. The number of esters is 1. The molecule has 0 saturated carbocycles. The van der Waals surface area contributed by atoms with Crippen molar-refractivity contribution in [3.63, 3.8) is 0 Å². The fourth-order valence-corrected chi connectivity index (χ4v) is 2.07. The summed E-state index contributed by atoms with van der Waals surface area (Å²) >= 11 is 0. The summed E-state index contributed by atoms with van der Waals surface area (Å²) in [6.45, 7) is 3.11. The lowest BCUT2D eigenvalue weighted by Gasteiger charge is -2.18. The normalized spacial score (nSPS) is 13.0. The predicted octanol–water partition coefficient (Wildman–Crippen LogP) is 3.39. The highest BCUT2D eigenvalue weighted by Crippen LogP contribution is 2.14. The van der Waals surface area contributed by atoms with Crippen LogP contribution in [0.5, 0.6) is 0 Å². The molecule has 1 amide bonds. The van der Waals surface area contributed by atoms with Crippen LogP contribution in [0.1, 0.15) is 35.8 Å². The van der Waals surface area contributed by atoms with Crippen molar-refractivity contribution in [1.29, 1.82) is 0 Å². The maximum atomic E-state index is 13.5. The molecule has 2 rings (SSSR count). The molecular formula is C18H17F2NO3. The van der Waals surface area contributed by atoms with Crippen LogP contribution < -0.4 is 5.32 Å². The van der Waals surface area contributed by atoms with E-state index in [1.54, 1.807) is 19.1 Å². The van der Waals surface area contributed by atoms with Gasteiger partial charge < -0.3 is 10.1 Å². The molecule has 2 aromatic rings. The number of amides is 1. The average Bonchev–Trinajstić information content (AvgIpc) is 2.55. The van der Waals surface area contributed by atoms with Crippen LogP contribution >= 0.6 is 0 Å². The van der Waals surface area contributed by atoms with Crippen molar-refractivity contribution in [2.24, 2.45) is 0 Å². The van der Waals surface area contributed by atoms with Gasteiger partial charge in [0.25, 0.3) is 5.91 Å². The monoisotopic (exact) mass is 333 g/mol. The van der Waals surface area contributed by atoms with Crippen molar-refractivity contribution in [2.45, 2.75) is 26.0 Å². The summed E-state index contributed by atoms with van der Waals surface area (Å²) in [5.74, 6) is -2.53. The third-order valence-electron chi connectivity index (χ3n) is 3.48. The van der Waals surface area contributed by atoms with E-state index in [-0.39, 0.29) is 11.4 Å². The largest absolute Gasteiger partial charge is 0.449 e. The number of carbonyl (C=O) groups is 2. The molecule has 0 aromatic heterocycles. The fourth-order valence-electron chi connectivity index (χ4n) is 2.07. The van der Waals surface area contributed by atoms with Gasteiger partial charge in [-0.15, -0.1) is 0 Å². The molecular weight excluding hydrogens is 316 g/mol. The van der Waals surface area contributed by atoms with Gasteiger partial charge >= 0.3 is 5.97 Å². The first-order chi connectivity index (χ1) is 11.4. The van der Waals surface area contributed by atoms with E-state index in [4.69, 9.17) is 4.74 Å². The van der Waals surface area contributed by atoms with Gasteiger partial charge in [0.2, 0.25) is 0 Å². The Morgan fingerprint density at radius 3 is 2.25 bits per heavy atom. The molecule has 0 fully saturated rings. The SMILES string of the molecule is CC(OC(=O)c1ccccc1F)C(=O)NC(C)c1ccc(F)cc1. The van der Waals surface area contributed by atoms with Crippen LogP contribution in [0.2, 0.25) is 0 Å². The number of hydrogen-bond acceptors (Lipinski definition) is 3. The molecule has 0 spiro atoms. The van der Waals surface area contributed by atoms with E-state index in [2.05, 4.69) is 5.32 Å². The van der Waals surface area contributed by atoms with Crippen LogP contribution in [0.25, 0.3) is 0 Å². The topological polar surface area (TPSA) is 55.4 Å². The molecule has 0 aliphatic carbocycles. The zero-order chi connectivity index (χ0) is 17.7. The van der Waals surface area contributed by atoms with Crippen molar-refractivity contribution >= 4 is 11.9 Å². The molecule has 0 radical (unpaired) electrons. The van der Waals surface area contributed by atoms with Crippen LogP contribution in [0.15, 0.2) is 48.5 Å². The highest BCUT2D eigenvalue weighted by Gasteiger charge is 2.22. The Kier molecular flexibility index (Phi) is 5.63. The summed E-state index contributed by atoms with van der Waals surface area (Å²) in [6, 6.07) is 10.7. The van der Waals surface area contributed by atoms with Crippen molar-refractivity contribution < 1.29 is 23.1 Å². The Morgan fingerprint density at radius 1 is 1.00 bits per heavy atom. The zero-order valence-corrected chi connectivity index (χ0v) is 13.3. The molecule has 126 valence electrons. The van der Waals surface area contributed by atoms with Crippen LogP contribution in [0.4, 0.5) is 8.78 Å². The van der Waals surface area contributed by atoms with Crippen molar-refractivity contribution in [3.05, 3.63) is 71.3 Å². The van der Waals surface area contributed by atoms with Crippen LogP contribution in [-0.4, -0.2) is 18.0 Å². The molecule has 4 nitrogen and oxygen atoms in total. The van der Waals surface area contributed by atoms with Crippen molar-refractivity contribution in [1.82, 2.24) is 5.32 Å². The molecule has 1 N–H and O–H groups in total. The first-order valence-corrected chi connectivity index (χ1v) is 7.40. The minimum atomic E-state index is -1.10. The molecule has 0 aliphatic rings. The van der Waals surface area contributed by atoms with Gasteiger partial charge in [-0.2, -0.15) is 0 Å². The minimum Gasteiger partial charge on any atom is -0.449 e. The van der Waals surface area contributed by atoms with Gasteiger partial charge in [-0.05, 0) is 43.7 Å². The van der Waals surface area contributed by atoms with Gasteiger partial charge in [0.1, 0.15) is 11.6 Å². The van der Waals surface area contributed by atoms with E-state index >= 15 is 0 Å². The van der Waals surface area contributed by atoms with Crippen LogP contribution in [0, 0.1) is 11.6 Å². The Morgan fingerprint density at radius 2 is 1.62 bits per heavy atom. The third-order valence-corrected chi connectivity index (χ3v) is 3.48. The fraction of sp³-hybridized carbons (Fsp3) is 0.222. The number of benzene rings is 2. The first-order valence-electron chi connectivity index (χ1n) is 7.40. The Hall–Kier alpha value is -2.76. The quantitative estimate of drug-likeness (QED) is 0.854. The molecule has 24 heavy (non-hydrogen) atoms. The number of ether oxygens (including phenoxy) is 1. The van der Waals surface area contributed by atoms with Gasteiger partial charge in [-0.25, -0.2) is 13.6 Å². The second-order valence-electron chi connectivity index (χ2n) is 5.31. The third kappa shape index (κ3) is 4.38. The summed E-state index contributed by atoms with van der Waals surface area (Å²) in [5.41, 5.74) is 0.473. The van der Waals surface area contributed by atoms with Gasteiger partial charge in [0.15, 0.2) is 6.10 Å².